The first-order valence-electron chi connectivity index (χ1n) is 6.63. The minimum atomic E-state index is -0.941. The zero-order valence-corrected chi connectivity index (χ0v) is 11.3. The summed E-state index contributed by atoms with van der Waals surface area (Å²) in [6.45, 7) is 1.15. The molecule has 106 valence electrons. The van der Waals surface area contributed by atoms with Crippen molar-refractivity contribution in [2.24, 2.45) is 0 Å². The van der Waals surface area contributed by atoms with Crippen LogP contribution >= 0.6 is 0 Å². The molecule has 0 aliphatic rings. The average Bonchev–Trinajstić information content (AvgIpc) is 2.88. The Hall–Kier alpha value is -2.82. The van der Waals surface area contributed by atoms with Gasteiger partial charge in [-0.25, -0.2) is 4.79 Å². The zero-order chi connectivity index (χ0) is 14.8. The topological polar surface area (TPSA) is 64.2 Å². The Bertz CT molecular complexity index is 861. The molecular formula is C16H14N2O3. The average molecular weight is 282 g/mol. The molecule has 0 saturated carbocycles. The van der Waals surface area contributed by atoms with Gasteiger partial charge in [-0.15, -0.1) is 0 Å². The van der Waals surface area contributed by atoms with E-state index in [1.807, 2.05) is 22.9 Å². The standard InChI is InChI=1S/C16H14N2O3/c19-15-3-1-2-7-18(15)10-9-17-8-6-12-4-5-13(16(20)21)11-14(12)17/h1-8,11H,9-10H2,(H,20,21). The van der Waals surface area contributed by atoms with Crippen LogP contribution in [0.1, 0.15) is 10.4 Å². The van der Waals surface area contributed by atoms with E-state index in [0.29, 0.717) is 13.1 Å². The second kappa shape index (κ2) is 5.28. The van der Waals surface area contributed by atoms with Gasteiger partial charge in [-0.05, 0) is 29.7 Å². The molecular weight excluding hydrogens is 268 g/mol. The van der Waals surface area contributed by atoms with E-state index in [4.69, 9.17) is 5.11 Å². The lowest BCUT2D eigenvalue weighted by atomic mass is 10.1. The van der Waals surface area contributed by atoms with Crippen LogP contribution in [0.15, 0.2) is 59.7 Å². The second-order valence-corrected chi connectivity index (χ2v) is 4.82. The highest BCUT2D eigenvalue weighted by atomic mass is 16.4. The number of aromatic carboxylic acids is 1. The van der Waals surface area contributed by atoms with E-state index in [0.717, 1.165) is 10.9 Å². The van der Waals surface area contributed by atoms with Crippen molar-refractivity contribution in [3.63, 3.8) is 0 Å². The molecule has 2 heterocycles. The maximum absolute atomic E-state index is 11.7. The van der Waals surface area contributed by atoms with Crippen molar-refractivity contribution in [2.45, 2.75) is 13.1 Å². The van der Waals surface area contributed by atoms with Crippen molar-refractivity contribution in [3.05, 3.63) is 70.8 Å². The summed E-state index contributed by atoms with van der Waals surface area (Å²) in [5.41, 5.74) is 1.08. The quantitative estimate of drug-likeness (QED) is 0.798. The van der Waals surface area contributed by atoms with E-state index in [1.165, 1.54) is 6.07 Å². The molecule has 0 radical (unpaired) electrons. The number of fused-ring (bicyclic) bond motifs is 1. The van der Waals surface area contributed by atoms with E-state index in [1.54, 1.807) is 35.0 Å². The van der Waals surface area contributed by atoms with E-state index in [9.17, 15) is 9.59 Å². The van der Waals surface area contributed by atoms with Gasteiger partial charge in [0.2, 0.25) is 0 Å². The third-order valence-corrected chi connectivity index (χ3v) is 3.50. The Balaban J connectivity index is 1.90. The molecule has 0 unspecified atom stereocenters. The van der Waals surface area contributed by atoms with Gasteiger partial charge in [-0.1, -0.05) is 12.1 Å². The van der Waals surface area contributed by atoms with Crippen LogP contribution in [-0.4, -0.2) is 20.2 Å². The predicted octanol–water partition coefficient (Wildman–Crippen LogP) is 2.20. The van der Waals surface area contributed by atoms with Gasteiger partial charge in [0.15, 0.2) is 0 Å². The molecule has 1 aromatic carbocycles. The van der Waals surface area contributed by atoms with Crippen molar-refractivity contribution in [2.75, 3.05) is 0 Å². The van der Waals surface area contributed by atoms with Gasteiger partial charge in [0.1, 0.15) is 0 Å². The lowest BCUT2D eigenvalue weighted by Gasteiger charge is -2.08. The number of carboxylic acid groups (broad SMARTS) is 1. The van der Waals surface area contributed by atoms with Gasteiger partial charge in [0, 0.05) is 37.1 Å². The SMILES string of the molecule is O=C(O)c1ccc2ccn(CCn3ccccc3=O)c2c1. The fraction of sp³-hybridized carbons (Fsp3) is 0.125. The van der Waals surface area contributed by atoms with Crippen LogP contribution in [0.5, 0.6) is 0 Å². The van der Waals surface area contributed by atoms with Gasteiger partial charge < -0.3 is 14.2 Å². The summed E-state index contributed by atoms with van der Waals surface area (Å²) < 4.78 is 3.59. The number of aryl methyl sites for hydroxylation is 2. The first-order chi connectivity index (χ1) is 10.1. The molecule has 3 aromatic rings. The molecule has 5 nitrogen and oxygen atoms in total. The van der Waals surface area contributed by atoms with Crippen LogP contribution < -0.4 is 5.56 Å². The van der Waals surface area contributed by atoms with Crippen LogP contribution in [0.2, 0.25) is 0 Å². The summed E-state index contributed by atoms with van der Waals surface area (Å²) in [5, 5.41) is 10.0. The Labute approximate surface area is 120 Å². The minimum Gasteiger partial charge on any atom is -0.478 e. The lowest BCUT2D eigenvalue weighted by Crippen LogP contribution is -2.20. The van der Waals surface area contributed by atoms with Gasteiger partial charge in [-0.2, -0.15) is 0 Å². The summed E-state index contributed by atoms with van der Waals surface area (Å²) in [6.07, 6.45) is 3.65. The first kappa shape index (κ1) is 13.2. The van der Waals surface area contributed by atoms with E-state index < -0.39 is 5.97 Å². The van der Waals surface area contributed by atoms with E-state index in [-0.39, 0.29) is 11.1 Å². The van der Waals surface area contributed by atoms with Crippen LogP contribution in [0.25, 0.3) is 10.9 Å². The maximum atomic E-state index is 11.7. The Morgan fingerprint density at radius 2 is 1.81 bits per heavy atom. The highest BCUT2D eigenvalue weighted by Crippen LogP contribution is 2.18. The summed E-state index contributed by atoms with van der Waals surface area (Å²) >= 11 is 0. The number of aromatic nitrogens is 2. The molecule has 3 rings (SSSR count). The molecule has 0 fully saturated rings. The number of benzene rings is 1. The number of hydrogen-bond donors (Lipinski definition) is 1. The molecule has 1 N–H and O–H groups in total. The van der Waals surface area contributed by atoms with Crippen molar-refractivity contribution in [3.8, 4) is 0 Å². The monoisotopic (exact) mass is 282 g/mol. The van der Waals surface area contributed by atoms with Gasteiger partial charge in [0.25, 0.3) is 5.56 Å². The predicted molar refractivity (Wildman–Crippen MR) is 79.6 cm³/mol. The van der Waals surface area contributed by atoms with Crippen LogP contribution in [0, 0.1) is 0 Å². The number of carbonyl (C=O) groups is 1. The zero-order valence-electron chi connectivity index (χ0n) is 11.3. The highest BCUT2D eigenvalue weighted by Gasteiger charge is 2.07. The molecule has 2 aromatic heterocycles. The second-order valence-electron chi connectivity index (χ2n) is 4.82. The number of hydrogen-bond acceptors (Lipinski definition) is 2. The number of carboxylic acids is 1. The summed E-state index contributed by atoms with van der Waals surface area (Å²) in [7, 11) is 0. The fourth-order valence-electron chi connectivity index (χ4n) is 2.37. The molecule has 5 heteroatoms. The van der Waals surface area contributed by atoms with Crippen LogP contribution in [0.4, 0.5) is 0 Å². The molecule has 0 amide bonds. The normalized spacial score (nSPS) is 10.9. The number of pyridine rings is 1. The maximum Gasteiger partial charge on any atom is 0.335 e. The smallest absolute Gasteiger partial charge is 0.335 e. The fourth-order valence-corrected chi connectivity index (χ4v) is 2.37. The van der Waals surface area contributed by atoms with Crippen molar-refractivity contribution in [1.29, 1.82) is 0 Å². The summed E-state index contributed by atoms with van der Waals surface area (Å²) in [6, 6.07) is 12.0. The molecule has 0 atom stereocenters. The van der Waals surface area contributed by atoms with Gasteiger partial charge in [-0.3, -0.25) is 4.79 Å². The number of rotatable bonds is 4. The third kappa shape index (κ3) is 2.58. The molecule has 0 spiro atoms. The third-order valence-electron chi connectivity index (χ3n) is 3.50. The lowest BCUT2D eigenvalue weighted by molar-refractivity contribution is 0.0697. The number of nitrogens with zero attached hydrogens (tertiary/aromatic N) is 2. The van der Waals surface area contributed by atoms with Crippen molar-refractivity contribution in [1.82, 2.24) is 9.13 Å². The molecule has 0 bridgehead atoms. The van der Waals surface area contributed by atoms with Gasteiger partial charge >= 0.3 is 5.97 Å². The van der Waals surface area contributed by atoms with Crippen molar-refractivity contribution < 1.29 is 9.90 Å². The van der Waals surface area contributed by atoms with E-state index >= 15 is 0 Å². The van der Waals surface area contributed by atoms with Gasteiger partial charge in [0.05, 0.1) is 5.56 Å². The first-order valence-corrected chi connectivity index (χ1v) is 6.63. The summed E-state index contributed by atoms with van der Waals surface area (Å²) in [5.74, 6) is -0.941. The highest BCUT2D eigenvalue weighted by molar-refractivity contribution is 5.93. The van der Waals surface area contributed by atoms with Crippen LogP contribution in [-0.2, 0) is 13.1 Å². The Morgan fingerprint density at radius 1 is 1.00 bits per heavy atom. The Kier molecular flexibility index (Phi) is 3.31. The van der Waals surface area contributed by atoms with Crippen LogP contribution in [0.3, 0.4) is 0 Å². The summed E-state index contributed by atoms with van der Waals surface area (Å²) in [4.78, 5) is 22.7. The molecule has 0 aliphatic heterocycles. The molecule has 0 aliphatic carbocycles. The molecule has 21 heavy (non-hydrogen) atoms. The largest absolute Gasteiger partial charge is 0.478 e. The molecule has 0 saturated heterocycles. The van der Waals surface area contributed by atoms with Crippen molar-refractivity contribution >= 4 is 16.9 Å². The minimum absolute atomic E-state index is 0.0415. The Morgan fingerprint density at radius 3 is 2.57 bits per heavy atom. The van der Waals surface area contributed by atoms with E-state index in [2.05, 4.69) is 0 Å².